The molecule has 0 amide bonds. The first-order chi connectivity index (χ1) is 11.8. The predicted molar refractivity (Wildman–Crippen MR) is 86.2 cm³/mol. The first-order valence-corrected chi connectivity index (χ1v) is 7.77. The minimum atomic E-state index is -0.473. The third-order valence-corrected chi connectivity index (χ3v) is 3.78. The van der Waals surface area contributed by atoms with Gasteiger partial charge in [-0.1, -0.05) is 0 Å². The third-order valence-electron chi connectivity index (χ3n) is 3.78. The molecule has 10 heteroatoms. The number of rotatable bonds is 7. The summed E-state index contributed by atoms with van der Waals surface area (Å²) in [5, 5.41) is 14.5. The standard InChI is InChI=1S/C14H19N7O3/c22-21(23)12-13(16-2-1-4-19-6-8-24-9-7-19)17-10-18-14(12)20-5-3-15-11-20/h3,5,10-11H,1-2,4,6-9H2,(H,16,17,18). The maximum atomic E-state index is 11.4. The molecule has 0 spiro atoms. The smallest absolute Gasteiger partial charge is 0.354 e. The molecule has 24 heavy (non-hydrogen) atoms. The monoisotopic (exact) mass is 333 g/mol. The van der Waals surface area contributed by atoms with Crippen LogP contribution in [-0.4, -0.2) is 68.7 Å². The number of nitro groups is 1. The highest BCUT2D eigenvalue weighted by Gasteiger charge is 2.23. The summed E-state index contributed by atoms with van der Waals surface area (Å²) >= 11 is 0. The second-order valence-electron chi connectivity index (χ2n) is 5.36. The van der Waals surface area contributed by atoms with Crippen molar-refractivity contribution in [2.45, 2.75) is 6.42 Å². The van der Waals surface area contributed by atoms with Crippen molar-refractivity contribution in [1.82, 2.24) is 24.4 Å². The van der Waals surface area contributed by atoms with E-state index in [2.05, 4.69) is 25.2 Å². The highest BCUT2D eigenvalue weighted by molar-refractivity contribution is 5.63. The summed E-state index contributed by atoms with van der Waals surface area (Å²) in [7, 11) is 0. The highest BCUT2D eigenvalue weighted by atomic mass is 16.6. The van der Waals surface area contributed by atoms with Gasteiger partial charge in [-0.15, -0.1) is 0 Å². The summed E-state index contributed by atoms with van der Waals surface area (Å²) in [5.41, 5.74) is -0.151. The summed E-state index contributed by atoms with van der Waals surface area (Å²) in [6.07, 6.45) is 6.80. The molecule has 0 atom stereocenters. The Bertz CT molecular complexity index is 671. The van der Waals surface area contributed by atoms with E-state index in [1.807, 2.05) is 0 Å². The fraction of sp³-hybridized carbons (Fsp3) is 0.500. The fourth-order valence-corrected chi connectivity index (χ4v) is 2.57. The van der Waals surface area contributed by atoms with E-state index in [1.54, 1.807) is 12.4 Å². The Morgan fingerprint density at radius 1 is 1.33 bits per heavy atom. The molecule has 1 fully saturated rings. The Balaban J connectivity index is 1.64. The Morgan fingerprint density at radius 2 is 2.17 bits per heavy atom. The van der Waals surface area contributed by atoms with Gasteiger partial charge in [-0.05, 0) is 13.0 Å². The van der Waals surface area contributed by atoms with Crippen LogP contribution in [0.25, 0.3) is 5.82 Å². The van der Waals surface area contributed by atoms with Crippen molar-refractivity contribution in [3.8, 4) is 5.82 Å². The van der Waals surface area contributed by atoms with Crippen LogP contribution in [0.4, 0.5) is 11.5 Å². The lowest BCUT2D eigenvalue weighted by Crippen LogP contribution is -2.37. The summed E-state index contributed by atoms with van der Waals surface area (Å²) < 4.78 is 6.81. The molecule has 1 N–H and O–H groups in total. The van der Waals surface area contributed by atoms with Crippen molar-refractivity contribution in [2.75, 3.05) is 44.7 Å². The van der Waals surface area contributed by atoms with Crippen LogP contribution in [0.5, 0.6) is 0 Å². The molecule has 3 heterocycles. The van der Waals surface area contributed by atoms with Crippen molar-refractivity contribution in [3.05, 3.63) is 35.2 Å². The molecule has 0 bridgehead atoms. The van der Waals surface area contributed by atoms with Crippen molar-refractivity contribution in [3.63, 3.8) is 0 Å². The van der Waals surface area contributed by atoms with Gasteiger partial charge in [-0.2, -0.15) is 0 Å². The van der Waals surface area contributed by atoms with Crippen molar-refractivity contribution in [2.24, 2.45) is 0 Å². The maximum Gasteiger partial charge on any atom is 0.354 e. The molecule has 2 aromatic heterocycles. The van der Waals surface area contributed by atoms with Gasteiger partial charge in [0.1, 0.15) is 12.7 Å². The van der Waals surface area contributed by atoms with Gasteiger partial charge in [0, 0.05) is 32.0 Å². The number of nitrogens with one attached hydrogen (secondary N) is 1. The van der Waals surface area contributed by atoms with Gasteiger partial charge in [-0.25, -0.2) is 15.0 Å². The number of aromatic nitrogens is 4. The largest absolute Gasteiger partial charge is 0.379 e. The van der Waals surface area contributed by atoms with Crippen LogP contribution in [0.2, 0.25) is 0 Å². The molecule has 0 saturated carbocycles. The van der Waals surface area contributed by atoms with Gasteiger partial charge in [0.05, 0.1) is 18.1 Å². The summed E-state index contributed by atoms with van der Waals surface area (Å²) in [5.74, 6) is 0.420. The minimum Gasteiger partial charge on any atom is -0.379 e. The lowest BCUT2D eigenvalue weighted by Gasteiger charge is -2.26. The van der Waals surface area contributed by atoms with Gasteiger partial charge in [0.2, 0.25) is 11.6 Å². The van der Waals surface area contributed by atoms with Crippen LogP contribution in [0.15, 0.2) is 25.0 Å². The van der Waals surface area contributed by atoms with E-state index in [9.17, 15) is 10.1 Å². The number of ether oxygens (including phenoxy) is 1. The number of nitrogens with zero attached hydrogens (tertiary/aromatic N) is 6. The third kappa shape index (κ3) is 3.84. The Hall–Kier alpha value is -2.59. The molecular weight excluding hydrogens is 314 g/mol. The van der Waals surface area contributed by atoms with Crippen LogP contribution in [0, 0.1) is 10.1 Å². The average Bonchev–Trinajstić information content (AvgIpc) is 3.13. The first-order valence-electron chi connectivity index (χ1n) is 7.77. The van der Waals surface area contributed by atoms with Gasteiger partial charge in [-0.3, -0.25) is 19.6 Å². The molecule has 1 saturated heterocycles. The zero-order valence-electron chi connectivity index (χ0n) is 13.2. The van der Waals surface area contributed by atoms with Crippen molar-refractivity contribution < 1.29 is 9.66 Å². The average molecular weight is 333 g/mol. The second kappa shape index (κ2) is 7.79. The molecule has 1 aliphatic rings. The molecular formula is C14H19N7O3. The van der Waals surface area contributed by atoms with Gasteiger partial charge < -0.3 is 10.1 Å². The SMILES string of the molecule is O=[N+]([O-])c1c(NCCCN2CCOCC2)ncnc1-n1ccnc1. The van der Waals surface area contributed by atoms with Crippen molar-refractivity contribution >= 4 is 11.5 Å². The quantitative estimate of drug-likeness (QED) is 0.448. The van der Waals surface area contributed by atoms with E-state index in [1.165, 1.54) is 17.2 Å². The predicted octanol–water partition coefficient (Wildman–Crippen LogP) is 0.705. The molecule has 128 valence electrons. The zero-order valence-corrected chi connectivity index (χ0v) is 13.2. The Morgan fingerprint density at radius 3 is 2.88 bits per heavy atom. The number of anilines is 1. The van der Waals surface area contributed by atoms with Gasteiger partial charge in [0.15, 0.2) is 0 Å². The molecule has 2 aromatic rings. The van der Waals surface area contributed by atoms with Crippen LogP contribution in [-0.2, 0) is 4.74 Å². The number of morpholine rings is 1. The van der Waals surface area contributed by atoms with E-state index < -0.39 is 4.92 Å². The highest BCUT2D eigenvalue weighted by Crippen LogP contribution is 2.27. The van der Waals surface area contributed by atoms with E-state index in [-0.39, 0.29) is 17.3 Å². The minimum absolute atomic E-state index is 0.151. The normalized spacial score (nSPS) is 15.3. The lowest BCUT2D eigenvalue weighted by molar-refractivity contribution is -0.384. The Labute approximate surface area is 138 Å². The zero-order chi connectivity index (χ0) is 16.8. The molecule has 0 aromatic carbocycles. The van der Waals surface area contributed by atoms with E-state index in [0.717, 1.165) is 39.3 Å². The molecule has 0 radical (unpaired) electrons. The molecule has 0 unspecified atom stereocenters. The van der Waals surface area contributed by atoms with Crippen molar-refractivity contribution in [1.29, 1.82) is 0 Å². The van der Waals surface area contributed by atoms with Gasteiger partial charge >= 0.3 is 5.69 Å². The van der Waals surface area contributed by atoms with Gasteiger partial charge in [0.25, 0.3) is 0 Å². The lowest BCUT2D eigenvalue weighted by atomic mass is 10.3. The van der Waals surface area contributed by atoms with E-state index in [0.29, 0.717) is 6.54 Å². The molecule has 1 aliphatic heterocycles. The molecule has 3 rings (SSSR count). The number of imidazole rings is 1. The van der Waals surface area contributed by atoms with Crippen LogP contribution in [0.1, 0.15) is 6.42 Å². The summed E-state index contributed by atoms with van der Waals surface area (Å²) in [6.45, 7) is 4.90. The van der Waals surface area contributed by atoms with E-state index in [4.69, 9.17) is 4.74 Å². The fourth-order valence-electron chi connectivity index (χ4n) is 2.57. The molecule has 10 nitrogen and oxygen atoms in total. The van der Waals surface area contributed by atoms with Crippen LogP contribution < -0.4 is 5.32 Å². The number of hydrogen-bond acceptors (Lipinski definition) is 8. The summed E-state index contributed by atoms with van der Waals surface area (Å²) in [4.78, 5) is 25.2. The maximum absolute atomic E-state index is 11.4. The molecule has 0 aliphatic carbocycles. The number of hydrogen-bond donors (Lipinski definition) is 1. The van der Waals surface area contributed by atoms with Crippen LogP contribution in [0.3, 0.4) is 0 Å². The summed E-state index contributed by atoms with van der Waals surface area (Å²) in [6, 6.07) is 0. The van der Waals surface area contributed by atoms with Crippen LogP contribution >= 0.6 is 0 Å². The Kier molecular flexibility index (Phi) is 5.29. The topological polar surface area (TPSA) is 111 Å². The first kappa shape index (κ1) is 16.3. The second-order valence-corrected chi connectivity index (χ2v) is 5.36. The van der Waals surface area contributed by atoms with E-state index >= 15 is 0 Å².